The smallest absolute Gasteiger partial charge is 0.341 e. The Morgan fingerprint density at radius 1 is 0.867 bits per heavy atom. The van der Waals surface area contributed by atoms with Gasteiger partial charge in [0.2, 0.25) is 5.60 Å². The predicted molar refractivity (Wildman–Crippen MR) is 42.6 cm³/mol. The Kier molecular flexibility index (Phi) is 3.01. The van der Waals surface area contributed by atoms with E-state index in [9.17, 15) is 20.1 Å². The van der Waals surface area contributed by atoms with Gasteiger partial charge in [-0.2, -0.15) is 0 Å². The minimum atomic E-state index is -3.11. The summed E-state index contributed by atoms with van der Waals surface area (Å²) in [4.78, 5) is 10.6. The molecule has 0 aromatic heterocycles. The highest BCUT2D eigenvalue weighted by molar-refractivity contribution is 5.79. The van der Waals surface area contributed by atoms with Crippen LogP contribution in [0.25, 0.3) is 0 Å². The third-order valence-corrected chi connectivity index (χ3v) is 2.59. The summed E-state index contributed by atoms with van der Waals surface area (Å²) in [5.74, 6) is -2.01. The second-order valence-corrected chi connectivity index (χ2v) is 3.49. The van der Waals surface area contributed by atoms with E-state index in [0.29, 0.717) is 0 Å². The van der Waals surface area contributed by atoms with Gasteiger partial charge in [0.1, 0.15) is 30.5 Å². The largest absolute Gasteiger partial charge is 0.479 e. The zero-order chi connectivity index (χ0) is 12.0. The third-order valence-electron chi connectivity index (χ3n) is 2.59. The van der Waals surface area contributed by atoms with Crippen LogP contribution in [0.4, 0.5) is 0 Å². The van der Waals surface area contributed by atoms with Crippen LogP contribution in [0, 0.1) is 0 Å². The number of rotatable bonds is 1. The molecule has 0 aromatic carbocycles. The molecule has 0 unspecified atom stereocenters. The molecule has 1 aliphatic rings. The zero-order valence-electron chi connectivity index (χ0n) is 7.43. The highest BCUT2D eigenvalue weighted by Gasteiger charge is 2.62. The van der Waals surface area contributed by atoms with Gasteiger partial charge in [0, 0.05) is 0 Å². The van der Waals surface area contributed by atoms with Crippen LogP contribution in [0.5, 0.6) is 0 Å². The van der Waals surface area contributed by atoms with Crippen molar-refractivity contribution >= 4 is 5.97 Å². The summed E-state index contributed by atoms with van der Waals surface area (Å²) in [7, 11) is 0. The summed E-state index contributed by atoms with van der Waals surface area (Å²) >= 11 is 0. The van der Waals surface area contributed by atoms with E-state index in [4.69, 9.17) is 20.4 Å². The molecular weight excluding hydrogens is 212 g/mol. The van der Waals surface area contributed by atoms with Crippen LogP contribution in [0.1, 0.15) is 0 Å². The number of hydrogen-bond acceptors (Lipinski definition) is 7. The topological polar surface area (TPSA) is 159 Å². The quantitative estimate of drug-likeness (QED) is 0.235. The van der Waals surface area contributed by atoms with Crippen molar-refractivity contribution in [3.05, 3.63) is 0 Å². The number of hydrogen-bond donors (Lipinski definition) is 7. The monoisotopic (exact) mass is 224 g/mol. The van der Waals surface area contributed by atoms with Crippen molar-refractivity contribution in [2.24, 2.45) is 0 Å². The molecule has 0 amide bonds. The predicted octanol–water partition coefficient (Wildman–Crippen LogP) is -4.38. The minimum Gasteiger partial charge on any atom is -0.479 e. The van der Waals surface area contributed by atoms with Gasteiger partial charge in [0.15, 0.2) is 0 Å². The fourth-order valence-corrected chi connectivity index (χ4v) is 1.52. The second kappa shape index (κ2) is 3.67. The SMILES string of the molecule is O=C(O)[C@@]1(O)[C@H](O)[C@H](O)[C@@H](O)[C@H](O)[C@H]1O. The molecule has 1 fully saturated rings. The van der Waals surface area contributed by atoms with Gasteiger partial charge in [-0.15, -0.1) is 0 Å². The van der Waals surface area contributed by atoms with Crippen LogP contribution in [0.2, 0.25) is 0 Å². The normalized spacial score (nSPS) is 51.5. The van der Waals surface area contributed by atoms with E-state index in [1.54, 1.807) is 0 Å². The maximum atomic E-state index is 10.6. The molecule has 8 heteroatoms. The molecule has 6 atom stereocenters. The van der Waals surface area contributed by atoms with Crippen molar-refractivity contribution in [2.45, 2.75) is 36.1 Å². The fraction of sp³-hybridized carbons (Fsp3) is 0.857. The number of aliphatic carboxylic acids is 1. The molecule has 8 nitrogen and oxygen atoms in total. The molecule has 0 heterocycles. The maximum absolute atomic E-state index is 10.6. The third kappa shape index (κ3) is 1.51. The first-order valence-corrected chi connectivity index (χ1v) is 4.10. The average Bonchev–Trinajstić information content (AvgIpc) is 2.20. The Labute approximate surface area is 83.6 Å². The van der Waals surface area contributed by atoms with Crippen LogP contribution in [0.15, 0.2) is 0 Å². The maximum Gasteiger partial charge on any atom is 0.341 e. The van der Waals surface area contributed by atoms with Gasteiger partial charge in [-0.25, -0.2) is 4.79 Å². The first-order valence-electron chi connectivity index (χ1n) is 4.10. The average molecular weight is 224 g/mol. The number of carbonyl (C=O) groups is 1. The number of carboxylic acid groups (broad SMARTS) is 1. The summed E-state index contributed by atoms with van der Waals surface area (Å²) in [6, 6.07) is 0. The van der Waals surface area contributed by atoms with Crippen molar-refractivity contribution in [1.82, 2.24) is 0 Å². The first-order chi connectivity index (χ1) is 6.74. The van der Waals surface area contributed by atoms with E-state index in [2.05, 4.69) is 0 Å². The molecular formula is C7H12O8. The van der Waals surface area contributed by atoms with Crippen LogP contribution in [-0.4, -0.2) is 77.8 Å². The van der Waals surface area contributed by atoms with E-state index in [1.807, 2.05) is 0 Å². The Morgan fingerprint density at radius 3 is 1.47 bits per heavy atom. The van der Waals surface area contributed by atoms with Gasteiger partial charge in [-0.3, -0.25) is 0 Å². The molecule has 0 radical (unpaired) electrons. The van der Waals surface area contributed by atoms with Gasteiger partial charge in [0.05, 0.1) is 0 Å². The lowest BCUT2D eigenvalue weighted by Crippen LogP contribution is -2.73. The highest BCUT2D eigenvalue weighted by Crippen LogP contribution is 2.30. The van der Waals surface area contributed by atoms with Gasteiger partial charge in [0.25, 0.3) is 0 Å². The Morgan fingerprint density at radius 2 is 1.20 bits per heavy atom. The molecule has 88 valence electrons. The Bertz CT molecular complexity index is 250. The summed E-state index contributed by atoms with van der Waals surface area (Å²) in [6.07, 6.45) is -10.7. The lowest BCUT2D eigenvalue weighted by Gasteiger charge is -2.44. The summed E-state index contributed by atoms with van der Waals surface area (Å²) < 4.78 is 0. The molecule has 1 saturated carbocycles. The van der Waals surface area contributed by atoms with Crippen molar-refractivity contribution in [3.8, 4) is 0 Å². The van der Waals surface area contributed by atoms with E-state index in [-0.39, 0.29) is 0 Å². The summed E-state index contributed by atoms with van der Waals surface area (Å²) in [5.41, 5.74) is -3.11. The zero-order valence-corrected chi connectivity index (χ0v) is 7.43. The van der Waals surface area contributed by atoms with Crippen molar-refractivity contribution in [2.75, 3.05) is 0 Å². The minimum absolute atomic E-state index is 1.94. The van der Waals surface area contributed by atoms with Gasteiger partial charge >= 0.3 is 5.97 Å². The number of aliphatic hydroxyl groups is 6. The van der Waals surface area contributed by atoms with E-state index in [1.165, 1.54) is 0 Å². The van der Waals surface area contributed by atoms with Gasteiger partial charge < -0.3 is 35.7 Å². The molecule has 0 aliphatic heterocycles. The van der Waals surface area contributed by atoms with E-state index < -0.39 is 42.1 Å². The fourth-order valence-electron chi connectivity index (χ4n) is 1.52. The summed E-state index contributed by atoms with van der Waals surface area (Å²) in [5, 5.41) is 63.8. The second-order valence-electron chi connectivity index (χ2n) is 3.49. The van der Waals surface area contributed by atoms with Gasteiger partial charge in [-0.1, -0.05) is 0 Å². The first kappa shape index (κ1) is 12.3. The van der Waals surface area contributed by atoms with Gasteiger partial charge in [-0.05, 0) is 0 Å². The molecule has 0 aromatic rings. The summed E-state index contributed by atoms with van der Waals surface area (Å²) in [6.45, 7) is 0. The molecule has 0 bridgehead atoms. The molecule has 15 heavy (non-hydrogen) atoms. The lowest BCUT2D eigenvalue weighted by molar-refractivity contribution is -0.266. The lowest BCUT2D eigenvalue weighted by atomic mass is 9.75. The molecule has 1 aliphatic carbocycles. The molecule has 0 saturated heterocycles. The highest BCUT2D eigenvalue weighted by atomic mass is 16.5. The van der Waals surface area contributed by atoms with E-state index >= 15 is 0 Å². The number of carboxylic acids is 1. The van der Waals surface area contributed by atoms with Crippen molar-refractivity contribution in [3.63, 3.8) is 0 Å². The van der Waals surface area contributed by atoms with Crippen LogP contribution < -0.4 is 0 Å². The molecule has 0 spiro atoms. The number of aliphatic hydroxyl groups excluding tert-OH is 5. The Balaban J connectivity index is 3.12. The van der Waals surface area contributed by atoms with Crippen molar-refractivity contribution < 1.29 is 40.5 Å². The standard InChI is InChI=1S/C7H12O8/c8-1-2(9)4(11)7(15,6(13)14)5(12)3(1)10/h1-5,8-12,15H,(H,13,14)/t1-,2-,3+,4-,5-,7-/m1/s1. The van der Waals surface area contributed by atoms with Crippen LogP contribution in [-0.2, 0) is 4.79 Å². The van der Waals surface area contributed by atoms with Crippen LogP contribution >= 0.6 is 0 Å². The molecule has 1 rings (SSSR count). The Hall–Kier alpha value is -0.770. The van der Waals surface area contributed by atoms with Crippen LogP contribution in [0.3, 0.4) is 0 Å². The van der Waals surface area contributed by atoms with E-state index in [0.717, 1.165) is 0 Å². The molecule has 7 N–H and O–H groups in total. The van der Waals surface area contributed by atoms with Crippen molar-refractivity contribution in [1.29, 1.82) is 0 Å².